The molecule has 2 nitrogen and oxygen atoms in total. The monoisotopic (exact) mass is 213 g/mol. The molecule has 0 heterocycles. The Labute approximate surface area is 94.8 Å². The first-order valence-electron chi connectivity index (χ1n) is 6.48. The lowest BCUT2D eigenvalue weighted by Gasteiger charge is -2.27. The summed E-state index contributed by atoms with van der Waals surface area (Å²) in [5, 5.41) is 3.67. The van der Waals surface area contributed by atoms with Crippen LogP contribution in [0.25, 0.3) is 0 Å². The molecular formula is C13H27NO. The lowest BCUT2D eigenvalue weighted by Crippen LogP contribution is -2.38. The van der Waals surface area contributed by atoms with Gasteiger partial charge in [0.1, 0.15) is 0 Å². The third kappa shape index (κ3) is 4.52. The molecule has 1 atom stereocenters. The molecule has 0 amide bonds. The van der Waals surface area contributed by atoms with Crippen LogP contribution in [0.1, 0.15) is 52.9 Å². The van der Waals surface area contributed by atoms with Gasteiger partial charge in [-0.15, -0.1) is 0 Å². The molecule has 0 radical (unpaired) electrons. The molecule has 0 spiro atoms. The van der Waals surface area contributed by atoms with Gasteiger partial charge in [-0.1, -0.05) is 27.2 Å². The van der Waals surface area contributed by atoms with Gasteiger partial charge >= 0.3 is 0 Å². The summed E-state index contributed by atoms with van der Waals surface area (Å²) in [6.45, 7) is 9.84. The fourth-order valence-corrected chi connectivity index (χ4v) is 2.40. The summed E-state index contributed by atoms with van der Waals surface area (Å²) in [5.74, 6) is 0. The number of ether oxygens (including phenoxy) is 1. The zero-order chi connectivity index (χ0) is 11.1. The minimum Gasteiger partial charge on any atom is -0.381 e. The van der Waals surface area contributed by atoms with Crippen LogP contribution >= 0.6 is 0 Å². The Kier molecular flexibility index (Phi) is 5.62. The topological polar surface area (TPSA) is 21.3 Å². The van der Waals surface area contributed by atoms with E-state index >= 15 is 0 Å². The summed E-state index contributed by atoms with van der Waals surface area (Å²) < 4.78 is 5.46. The highest BCUT2D eigenvalue weighted by Crippen LogP contribution is 2.36. The largest absolute Gasteiger partial charge is 0.381 e. The highest BCUT2D eigenvalue weighted by molar-refractivity contribution is 4.89. The summed E-state index contributed by atoms with van der Waals surface area (Å²) in [5.41, 5.74) is 0.504. The van der Waals surface area contributed by atoms with Crippen molar-refractivity contribution in [2.75, 3.05) is 19.8 Å². The molecule has 0 aromatic carbocycles. The maximum Gasteiger partial charge on any atom is 0.0478 e. The minimum atomic E-state index is 0.504. The number of hydrogen-bond donors (Lipinski definition) is 1. The van der Waals surface area contributed by atoms with E-state index in [1.54, 1.807) is 0 Å². The van der Waals surface area contributed by atoms with Crippen LogP contribution < -0.4 is 5.32 Å². The fourth-order valence-electron chi connectivity index (χ4n) is 2.40. The van der Waals surface area contributed by atoms with Crippen molar-refractivity contribution in [1.82, 2.24) is 5.32 Å². The number of nitrogens with one attached hydrogen (secondary N) is 1. The van der Waals surface area contributed by atoms with Crippen molar-refractivity contribution >= 4 is 0 Å². The first-order valence-corrected chi connectivity index (χ1v) is 6.48. The highest BCUT2D eigenvalue weighted by atomic mass is 16.5. The second-order valence-electron chi connectivity index (χ2n) is 5.35. The Balaban J connectivity index is 2.00. The van der Waals surface area contributed by atoms with Crippen LogP contribution in [0.5, 0.6) is 0 Å². The average molecular weight is 213 g/mol. The van der Waals surface area contributed by atoms with Gasteiger partial charge in [-0.25, -0.2) is 0 Å². The normalized spacial score (nSPS) is 24.6. The molecule has 1 aliphatic rings. The standard InChI is InChI=1S/C13H27NO/c1-4-10-15-11-6-9-14-12-7-5-8-13(12,2)3/h12,14H,4-11H2,1-3H3. The fraction of sp³-hybridized carbons (Fsp3) is 1.00. The Hall–Kier alpha value is -0.0800. The van der Waals surface area contributed by atoms with E-state index < -0.39 is 0 Å². The molecule has 0 aliphatic heterocycles. The van der Waals surface area contributed by atoms with E-state index in [9.17, 15) is 0 Å². The SMILES string of the molecule is CCCOCCCNC1CCCC1(C)C. The van der Waals surface area contributed by atoms with E-state index in [2.05, 4.69) is 26.1 Å². The van der Waals surface area contributed by atoms with Gasteiger partial charge in [0.25, 0.3) is 0 Å². The molecule has 1 unspecified atom stereocenters. The molecule has 1 rings (SSSR count). The third-order valence-electron chi connectivity index (χ3n) is 3.46. The lowest BCUT2D eigenvalue weighted by atomic mass is 9.87. The van der Waals surface area contributed by atoms with Crippen LogP contribution in [0.3, 0.4) is 0 Å². The van der Waals surface area contributed by atoms with Gasteiger partial charge in [0.05, 0.1) is 0 Å². The summed E-state index contributed by atoms with van der Waals surface area (Å²) >= 11 is 0. The first-order chi connectivity index (χ1) is 7.17. The van der Waals surface area contributed by atoms with Crippen molar-refractivity contribution in [2.24, 2.45) is 5.41 Å². The minimum absolute atomic E-state index is 0.504. The Morgan fingerprint density at radius 3 is 2.73 bits per heavy atom. The summed E-state index contributed by atoms with van der Waals surface area (Å²) in [6, 6.07) is 0.726. The molecule has 1 fully saturated rings. The maximum atomic E-state index is 5.46. The molecule has 0 saturated heterocycles. The highest BCUT2D eigenvalue weighted by Gasteiger charge is 2.33. The van der Waals surface area contributed by atoms with Crippen LogP contribution in [0.4, 0.5) is 0 Å². The summed E-state index contributed by atoms with van der Waals surface area (Å²) in [4.78, 5) is 0. The van der Waals surface area contributed by atoms with Crippen LogP contribution in [0, 0.1) is 5.41 Å². The maximum absolute atomic E-state index is 5.46. The van der Waals surface area contributed by atoms with Crippen molar-refractivity contribution in [1.29, 1.82) is 0 Å². The number of rotatable bonds is 7. The van der Waals surface area contributed by atoms with E-state index in [-0.39, 0.29) is 0 Å². The quantitative estimate of drug-likeness (QED) is 0.656. The molecule has 0 bridgehead atoms. The molecule has 0 aromatic rings. The second kappa shape index (κ2) is 6.49. The summed E-state index contributed by atoms with van der Waals surface area (Å²) in [6.07, 6.45) is 6.38. The van der Waals surface area contributed by atoms with Gasteiger partial charge < -0.3 is 10.1 Å². The molecule has 1 N–H and O–H groups in total. The van der Waals surface area contributed by atoms with E-state index in [4.69, 9.17) is 4.74 Å². The zero-order valence-corrected chi connectivity index (χ0v) is 10.6. The lowest BCUT2D eigenvalue weighted by molar-refractivity contribution is 0.130. The zero-order valence-electron chi connectivity index (χ0n) is 10.6. The average Bonchev–Trinajstić information content (AvgIpc) is 2.52. The van der Waals surface area contributed by atoms with Crippen molar-refractivity contribution in [3.8, 4) is 0 Å². The van der Waals surface area contributed by atoms with Crippen LogP contribution in [0.15, 0.2) is 0 Å². The van der Waals surface area contributed by atoms with E-state index in [0.29, 0.717) is 5.41 Å². The van der Waals surface area contributed by atoms with Gasteiger partial charge in [-0.3, -0.25) is 0 Å². The van der Waals surface area contributed by atoms with Crippen molar-refractivity contribution in [2.45, 2.75) is 58.9 Å². The van der Waals surface area contributed by atoms with Gasteiger partial charge in [0.2, 0.25) is 0 Å². The Morgan fingerprint density at radius 1 is 1.33 bits per heavy atom. The van der Waals surface area contributed by atoms with Crippen LogP contribution in [-0.2, 0) is 4.74 Å². The smallest absolute Gasteiger partial charge is 0.0478 e. The van der Waals surface area contributed by atoms with E-state index in [0.717, 1.165) is 38.6 Å². The van der Waals surface area contributed by atoms with Gasteiger partial charge in [0.15, 0.2) is 0 Å². The molecular weight excluding hydrogens is 186 g/mol. The molecule has 0 aromatic heterocycles. The van der Waals surface area contributed by atoms with Crippen LogP contribution in [0.2, 0.25) is 0 Å². The molecule has 2 heteroatoms. The molecule has 1 aliphatic carbocycles. The first kappa shape index (κ1) is 13.0. The van der Waals surface area contributed by atoms with Crippen molar-refractivity contribution in [3.05, 3.63) is 0 Å². The van der Waals surface area contributed by atoms with Gasteiger partial charge in [-0.2, -0.15) is 0 Å². The molecule has 90 valence electrons. The van der Waals surface area contributed by atoms with Crippen LogP contribution in [-0.4, -0.2) is 25.8 Å². The second-order valence-corrected chi connectivity index (χ2v) is 5.35. The summed E-state index contributed by atoms with van der Waals surface area (Å²) in [7, 11) is 0. The molecule has 15 heavy (non-hydrogen) atoms. The van der Waals surface area contributed by atoms with Crippen molar-refractivity contribution < 1.29 is 4.74 Å². The molecule has 1 saturated carbocycles. The van der Waals surface area contributed by atoms with Gasteiger partial charge in [0, 0.05) is 19.3 Å². The Bertz CT molecular complexity index is 168. The number of hydrogen-bond acceptors (Lipinski definition) is 2. The predicted octanol–water partition coefficient (Wildman–Crippen LogP) is 2.97. The predicted molar refractivity (Wildman–Crippen MR) is 65.1 cm³/mol. The third-order valence-corrected chi connectivity index (χ3v) is 3.46. The van der Waals surface area contributed by atoms with Crippen molar-refractivity contribution in [3.63, 3.8) is 0 Å². The van der Waals surface area contributed by atoms with E-state index in [1.165, 1.54) is 19.3 Å². The van der Waals surface area contributed by atoms with E-state index in [1.807, 2.05) is 0 Å². The Morgan fingerprint density at radius 2 is 2.13 bits per heavy atom. The van der Waals surface area contributed by atoms with Gasteiger partial charge in [-0.05, 0) is 37.6 Å².